The van der Waals surface area contributed by atoms with Crippen LogP contribution in [0.3, 0.4) is 0 Å². The minimum absolute atomic E-state index is 0.309. The Hall–Kier alpha value is -1.33. The molecule has 1 aromatic rings. The number of halogens is 3. The summed E-state index contributed by atoms with van der Waals surface area (Å²) in [5.74, 6) is 1.77. The first-order valence-electron chi connectivity index (χ1n) is 6.02. The maximum absolute atomic E-state index is 12.3. The van der Waals surface area contributed by atoms with E-state index in [1.807, 2.05) is 0 Å². The van der Waals surface area contributed by atoms with E-state index in [1.165, 1.54) is 0 Å². The third kappa shape index (κ3) is 2.91. The van der Waals surface area contributed by atoms with Crippen LogP contribution in [-0.2, 0) is 6.18 Å². The quantitative estimate of drug-likeness (QED) is 0.904. The Morgan fingerprint density at radius 2 is 1.89 bits per heavy atom. The van der Waals surface area contributed by atoms with Gasteiger partial charge in [0.25, 0.3) is 0 Å². The van der Waals surface area contributed by atoms with Gasteiger partial charge in [0.05, 0.1) is 12.4 Å². The Balaban J connectivity index is 1.89. The Labute approximate surface area is 104 Å². The van der Waals surface area contributed by atoms with Crippen molar-refractivity contribution in [3.05, 3.63) is 18.1 Å². The Kier molecular flexibility index (Phi) is 3.45. The van der Waals surface area contributed by atoms with Gasteiger partial charge < -0.3 is 5.32 Å². The second-order valence-electron chi connectivity index (χ2n) is 5.10. The molecule has 0 saturated heterocycles. The minimum Gasteiger partial charge on any atom is -0.366 e. The predicted molar refractivity (Wildman–Crippen MR) is 62.0 cm³/mol. The summed E-state index contributed by atoms with van der Waals surface area (Å²) in [6.07, 6.45) is -0.433. The average molecular weight is 259 g/mol. The highest BCUT2D eigenvalue weighted by molar-refractivity contribution is 5.33. The van der Waals surface area contributed by atoms with Gasteiger partial charge in [0.15, 0.2) is 5.69 Å². The molecule has 3 nitrogen and oxygen atoms in total. The van der Waals surface area contributed by atoms with Crippen LogP contribution >= 0.6 is 0 Å². The monoisotopic (exact) mass is 259 g/mol. The van der Waals surface area contributed by atoms with Crippen molar-refractivity contribution in [2.24, 2.45) is 11.8 Å². The SMILES string of the molecule is CC(C)[C@H]1C[C@@H](Nc2cnc(C(F)(F)F)cn2)C1. The van der Waals surface area contributed by atoms with Gasteiger partial charge in [-0.05, 0) is 24.7 Å². The number of anilines is 1. The molecule has 0 amide bonds. The molecule has 6 heteroatoms. The zero-order chi connectivity index (χ0) is 13.3. The van der Waals surface area contributed by atoms with E-state index in [-0.39, 0.29) is 0 Å². The standard InChI is InChI=1S/C12H16F3N3/c1-7(2)8-3-9(4-8)18-11-6-16-10(5-17-11)12(13,14)15/h5-9H,3-4H2,1-2H3,(H,17,18)/t8-,9+. The number of nitrogens with one attached hydrogen (secondary N) is 1. The molecule has 1 aliphatic rings. The van der Waals surface area contributed by atoms with Crippen LogP contribution in [0.15, 0.2) is 12.4 Å². The summed E-state index contributed by atoms with van der Waals surface area (Å²) >= 11 is 0. The summed E-state index contributed by atoms with van der Waals surface area (Å²) in [6.45, 7) is 4.36. The molecule has 0 unspecified atom stereocenters. The molecule has 1 saturated carbocycles. The molecule has 2 rings (SSSR count). The Morgan fingerprint density at radius 3 is 2.33 bits per heavy atom. The molecule has 100 valence electrons. The minimum atomic E-state index is -4.43. The number of alkyl halides is 3. The van der Waals surface area contributed by atoms with Crippen LogP contribution in [0, 0.1) is 11.8 Å². The first kappa shape index (κ1) is 13.1. The maximum Gasteiger partial charge on any atom is 0.434 e. The summed E-state index contributed by atoms with van der Waals surface area (Å²) in [5.41, 5.74) is -0.957. The number of rotatable bonds is 3. The van der Waals surface area contributed by atoms with Crippen LogP contribution in [0.5, 0.6) is 0 Å². The van der Waals surface area contributed by atoms with Gasteiger partial charge in [-0.1, -0.05) is 13.8 Å². The van der Waals surface area contributed by atoms with E-state index in [0.29, 0.717) is 23.7 Å². The average Bonchev–Trinajstić information content (AvgIpc) is 2.21. The highest BCUT2D eigenvalue weighted by Gasteiger charge is 2.34. The van der Waals surface area contributed by atoms with Crippen molar-refractivity contribution in [1.82, 2.24) is 9.97 Å². The zero-order valence-corrected chi connectivity index (χ0v) is 10.3. The van der Waals surface area contributed by atoms with Crippen molar-refractivity contribution in [3.8, 4) is 0 Å². The molecule has 0 aromatic carbocycles. The first-order valence-corrected chi connectivity index (χ1v) is 6.02. The molecule has 1 N–H and O–H groups in total. The second kappa shape index (κ2) is 4.74. The van der Waals surface area contributed by atoms with Gasteiger partial charge >= 0.3 is 6.18 Å². The molecule has 0 bridgehead atoms. The van der Waals surface area contributed by atoms with E-state index < -0.39 is 11.9 Å². The lowest BCUT2D eigenvalue weighted by molar-refractivity contribution is -0.141. The fourth-order valence-electron chi connectivity index (χ4n) is 2.08. The zero-order valence-electron chi connectivity index (χ0n) is 10.3. The fourth-order valence-corrected chi connectivity index (χ4v) is 2.08. The van der Waals surface area contributed by atoms with Gasteiger partial charge in [-0.15, -0.1) is 0 Å². The van der Waals surface area contributed by atoms with E-state index in [2.05, 4.69) is 29.1 Å². The van der Waals surface area contributed by atoms with Gasteiger partial charge in [-0.25, -0.2) is 9.97 Å². The van der Waals surface area contributed by atoms with Gasteiger partial charge in [0.2, 0.25) is 0 Å². The smallest absolute Gasteiger partial charge is 0.366 e. The fraction of sp³-hybridized carbons (Fsp3) is 0.667. The van der Waals surface area contributed by atoms with Crippen LogP contribution < -0.4 is 5.32 Å². The first-order chi connectivity index (χ1) is 8.36. The lowest BCUT2D eigenvalue weighted by Crippen LogP contribution is -2.38. The molecule has 0 atom stereocenters. The van der Waals surface area contributed by atoms with Crippen LogP contribution in [0.2, 0.25) is 0 Å². The number of aromatic nitrogens is 2. The predicted octanol–water partition coefficient (Wildman–Crippen LogP) is 3.34. The maximum atomic E-state index is 12.3. The second-order valence-corrected chi connectivity index (χ2v) is 5.10. The molecular weight excluding hydrogens is 243 g/mol. The van der Waals surface area contributed by atoms with E-state index >= 15 is 0 Å². The van der Waals surface area contributed by atoms with E-state index in [9.17, 15) is 13.2 Å². The number of nitrogens with zero attached hydrogens (tertiary/aromatic N) is 2. The van der Waals surface area contributed by atoms with Crippen LogP contribution in [-0.4, -0.2) is 16.0 Å². The summed E-state index contributed by atoms with van der Waals surface area (Å²) in [4.78, 5) is 7.11. The summed E-state index contributed by atoms with van der Waals surface area (Å²) < 4.78 is 36.8. The lowest BCUT2D eigenvalue weighted by Gasteiger charge is -2.38. The molecular formula is C12H16F3N3. The van der Waals surface area contributed by atoms with E-state index in [0.717, 1.165) is 25.2 Å². The van der Waals surface area contributed by atoms with E-state index in [4.69, 9.17) is 0 Å². The summed E-state index contributed by atoms with van der Waals surface area (Å²) in [5, 5.41) is 3.10. The molecule has 0 aliphatic heterocycles. The van der Waals surface area contributed by atoms with Gasteiger partial charge in [-0.2, -0.15) is 13.2 Å². The van der Waals surface area contributed by atoms with Crippen LogP contribution in [0.1, 0.15) is 32.4 Å². The Bertz CT molecular complexity index is 394. The van der Waals surface area contributed by atoms with Gasteiger partial charge in [0.1, 0.15) is 5.82 Å². The lowest BCUT2D eigenvalue weighted by atomic mass is 9.74. The number of hydrogen-bond acceptors (Lipinski definition) is 3. The van der Waals surface area contributed by atoms with Gasteiger partial charge in [-0.3, -0.25) is 0 Å². The molecule has 1 heterocycles. The molecule has 18 heavy (non-hydrogen) atoms. The highest BCUT2D eigenvalue weighted by Crippen LogP contribution is 2.35. The molecule has 0 radical (unpaired) electrons. The molecule has 0 spiro atoms. The normalized spacial score (nSPS) is 23.9. The van der Waals surface area contributed by atoms with Crippen LogP contribution in [0.25, 0.3) is 0 Å². The largest absolute Gasteiger partial charge is 0.434 e. The topological polar surface area (TPSA) is 37.8 Å². The van der Waals surface area contributed by atoms with Crippen molar-refractivity contribution in [2.75, 3.05) is 5.32 Å². The third-order valence-electron chi connectivity index (χ3n) is 3.41. The Morgan fingerprint density at radius 1 is 1.22 bits per heavy atom. The highest BCUT2D eigenvalue weighted by atomic mass is 19.4. The molecule has 1 aliphatic carbocycles. The van der Waals surface area contributed by atoms with Crippen molar-refractivity contribution in [3.63, 3.8) is 0 Å². The number of hydrogen-bond donors (Lipinski definition) is 1. The van der Waals surface area contributed by atoms with Crippen LogP contribution in [0.4, 0.5) is 19.0 Å². The van der Waals surface area contributed by atoms with Crippen molar-refractivity contribution < 1.29 is 13.2 Å². The van der Waals surface area contributed by atoms with E-state index in [1.54, 1.807) is 0 Å². The van der Waals surface area contributed by atoms with Gasteiger partial charge in [0, 0.05) is 6.04 Å². The molecule has 1 aromatic heterocycles. The van der Waals surface area contributed by atoms with Crippen molar-refractivity contribution in [2.45, 2.75) is 38.9 Å². The summed E-state index contributed by atoms with van der Waals surface area (Å²) in [6, 6.07) is 0.309. The third-order valence-corrected chi connectivity index (χ3v) is 3.41. The molecule has 1 fully saturated rings. The summed E-state index contributed by atoms with van der Waals surface area (Å²) in [7, 11) is 0. The van der Waals surface area contributed by atoms with Crippen molar-refractivity contribution >= 4 is 5.82 Å². The van der Waals surface area contributed by atoms with Crippen molar-refractivity contribution in [1.29, 1.82) is 0 Å².